The highest BCUT2D eigenvalue weighted by Crippen LogP contribution is 2.34. The van der Waals surface area contributed by atoms with Gasteiger partial charge in [0.1, 0.15) is 38.8 Å². The number of rotatable bonds is 5. The molecular weight excluding hydrogens is 399 g/mol. The van der Waals surface area contributed by atoms with E-state index in [1.807, 2.05) is 0 Å². The first-order valence-electron chi connectivity index (χ1n) is 8.19. The van der Waals surface area contributed by atoms with Crippen LogP contribution in [0.2, 0.25) is 0 Å². The summed E-state index contributed by atoms with van der Waals surface area (Å²) in [4.78, 5) is 20.8. The Hall–Kier alpha value is -3.04. The SMILES string of the molecule is O=C(CSc1ncnc2c(-c3ccc(F)cc3)nsc12)Nc1ccccc1O. The van der Waals surface area contributed by atoms with Gasteiger partial charge in [-0.3, -0.25) is 4.79 Å². The van der Waals surface area contributed by atoms with Gasteiger partial charge in [0, 0.05) is 5.56 Å². The summed E-state index contributed by atoms with van der Waals surface area (Å²) in [6.45, 7) is 0. The first-order valence-corrected chi connectivity index (χ1v) is 9.94. The lowest BCUT2D eigenvalue weighted by atomic mass is 10.1. The summed E-state index contributed by atoms with van der Waals surface area (Å²) in [5.41, 5.74) is 2.44. The number of nitrogens with zero attached hydrogens (tertiary/aromatic N) is 3. The van der Waals surface area contributed by atoms with Crippen LogP contribution in [-0.2, 0) is 4.79 Å². The minimum Gasteiger partial charge on any atom is -0.506 e. The number of carbonyl (C=O) groups is 1. The van der Waals surface area contributed by atoms with Crippen molar-refractivity contribution in [3.05, 3.63) is 60.7 Å². The first kappa shape index (κ1) is 18.3. The lowest BCUT2D eigenvalue weighted by molar-refractivity contribution is -0.113. The fraction of sp³-hybridized carbons (Fsp3) is 0.0526. The summed E-state index contributed by atoms with van der Waals surface area (Å²) >= 11 is 2.50. The van der Waals surface area contributed by atoms with Crippen molar-refractivity contribution in [2.45, 2.75) is 5.03 Å². The van der Waals surface area contributed by atoms with E-state index in [0.29, 0.717) is 21.9 Å². The number of thioether (sulfide) groups is 1. The molecule has 2 aromatic carbocycles. The van der Waals surface area contributed by atoms with Gasteiger partial charge in [0.15, 0.2) is 0 Å². The highest BCUT2D eigenvalue weighted by atomic mass is 32.2. The van der Waals surface area contributed by atoms with Gasteiger partial charge < -0.3 is 10.4 Å². The fourth-order valence-corrected chi connectivity index (χ4v) is 4.26. The molecule has 28 heavy (non-hydrogen) atoms. The van der Waals surface area contributed by atoms with Crippen molar-refractivity contribution in [3.63, 3.8) is 0 Å². The highest BCUT2D eigenvalue weighted by molar-refractivity contribution is 8.00. The van der Waals surface area contributed by atoms with Gasteiger partial charge in [-0.1, -0.05) is 23.9 Å². The number of aromatic nitrogens is 3. The second-order valence-corrected chi connectivity index (χ2v) is 7.49. The summed E-state index contributed by atoms with van der Waals surface area (Å²) in [6.07, 6.45) is 1.42. The van der Waals surface area contributed by atoms with Crippen molar-refractivity contribution in [2.75, 3.05) is 11.1 Å². The Morgan fingerprint density at radius 1 is 1.14 bits per heavy atom. The average Bonchev–Trinajstić information content (AvgIpc) is 3.13. The zero-order valence-electron chi connectivity index (χ0n) is 14.3. The molecule has 0 fully saturated rings. The molecule has 2 N–H and O–H groups in total. The molecule has 2 aromatic heterocycles. The topological polar surface area (TPSA) is 88.0 Å². The molecule has 9 heteroatoms. The average molecular weight is 412 g/mol. The van der Waals surface area contributed by atoms with Crippen molar-refractivity contribution < 1.29 is 14.3 Å². The molecule has 0 radical (unpaired) electrons. The summed E-state index contributed by atoms with van der Waals surface area (Å²) in [7, 11) is 0. The Labute approximate surface area is 167 Å². The lowest BCUT2D eigenvalue weighted by Gasteiger charge is -2.06. The summed E-state index contributed by atoms with van der Waals surface area (Å²) in [5.74, 6) is -0.452. The Morgan fingerprint density at radius 2 is 1.93 bits per heavy atom. The number of amides is 1. The third kappa shape index (κ3) is 3.80. The van der Waals surface area contributed by atoms with Crippen molar-refractivity contribution >= 4 is 45.1 Å². The van der Waals surface area contributed by atoms with Crippen LogP contribution in [0.25, 0.3) is 21.5 Å². The maximum Gasteiger partial charge on any atom is 0.234 e. The van der Waals surface area contributed by atoms with E-state index in [2.05, 4.69) is 19.7 Å². The lowest BCUT2D eigenvalue weighted by Crippen LogP contribution is -2.14. The number of aromatic hydroxyl groups is 1. The van der Waals surface area contributed by atoms with Gasteiger partial charge in [-0.15, -0.1) is 0 Å². The molecule has 140 valence electrons. The number of para-hydroxylation sites is 2. The number of phenolic OH excluding ortho intramolecular Hbond substituents is 1. The van der Waals surface area contributed by atoms with E-state index in [4.69, 9.17) is 0 Å². The van der Waals surface area contributed by atoms with Crippen LogP contribution >= 0.6 is 23.3 Å². The Kier molecular flexibility index (Phi) is 5.18. The summed E-state index contributed by atoms with van der Waals surface area (Å²) in [6, 6.07) is 12.6. The smallest absolute Gasteiger partial charge is 0.234 e. The molecule has 0 unspecified atom stereocenters. The monoisotopic (exact) mass is 412 g/mol. The van der Waals surface area contributed by atoms with E-state index in [9.17, 15) is 14.3 Å². The van der Waals surface area contributed by atoms with Gasteiger partial charge in [0.25, 0.3) is 0 Å². The number of hydrogen-bond donors (Lipinski definition) is 2. The Morgan fingerprint density at radius 3 is 2.71 bits per heavy atom. The molecule has 4 aromatic rings. The van der Waals surface area contributed by atoms with E-state index in [0.717, 1.165) is 10.3 Å². The molecule has 0 atom stereocenters. The van der Waals surface area contributed by atoms with Crippen LogP contribution in [0.4, 0.5) is 10.1 Å². The standard InChI is InChI=1S/C19H13FN4O2S2/c20-12-7-5-11(6-8-12)16-17-18(28-24-16)19(22-10-21-17)27-9-15(26)23-13-3-1-2-4-14(13)25/h1-8,10,25H,9H2,(H,23,26). The van der Waals surface area contributed by atoms with E-state index < -0.39 is 0 Å². The second kappa shape index (κ2) is 7.91. The molecule has 0 bridgehead atoms. The van der Waals surface area contributed by atoms with Crippen molar-refractivity contribution in [1.29, 1.82) is 0 Å². The first-order chi connectivity index (χ1) is 13.6. The number of phenols is 1. The third-order valence-electron chi connectivity index (χ3n) is 3.86. The maximum atomic E-state index is 13.2. The minimum atomic E-state index is -0.315. The Bertz CT molecular complexity index is 1150. The highest BCUT2D eigenvalue weighted by Gasteiger charge is 2.16. The Balaban J connectivity index is 1.52. The molecule has 0 spiro atoms. The van der Waals surface area contributed by atoms with Crippen LogP contribution < -0.4 is 5.32 Å². The minimum absolute atomic E-state index is 0.0108. The summed E-state index contributed by atoms with van der Waals surface area (Å²) < 4.78 is 18.4. The quantitative estimate of drug-likeness (QED) is 0.288. The normalized spacial score (nSPS) is 10.9. The zero-order valence-corrected chi connectivity index (χ0v) is 15.9. The van der Waals surface area contributed by atoms with Gasteiger partial charge in [0.2, 0.25) is 5.91 Å². The molecule has 0 saturated carbocycles. The molecule has 0 aliphatic heterocycles. The molecule has 1 amide bonds. The number of halogens is 1. The number of nitrogens with one attached hydrogen (secondary N) is 1. The third-order valence-corrected chi connectivity index (χ3v) is 5.82. The van der Waals surface area contributed by atoms with Crippen LogP contribution in [0.3, 0.4) is 0 Å². The molecule has 0 saturated heterocycles. The molecule has 6 nitrogen and oxygen atoms in total. The van der Waals surface area contributed by atoms with Crippen molar-refractivity contribution in [3.8, 4) is 17.0 Å². The molecule has 0 aliphatic carbocycles. The largest absolute Gasteiger partial charge is 0.506 e. The van der Waals surface area contributed by atoms with Gasteiger partial charge in [-0.05, 0) is 47.9 Å². The number of hydrogen-bond acceptors (Lipinski definition) is 7. The van der Waals surface area contributed by atoms with Gasteiger partial charge in [-0.2, -0.15) is 4.37 Å². The summed E-state index contributed by atoms with van der Waals surface area (Å²) in [5, 5.41) is 13.0. The van der Waals surface area contributed by atoms with E-state index in [1.54, 1.807) is 30.3 Å². The molecule has 0 aliphatic rings. The van der Waals surface area contributed by atoms with E-state index in [-0.39, 0.29) is 23.2 Å². The molecule has 2 heterocycles. The fourth-order valence-electron chi connectivity index (χ4n) is 2.54. The van der Waals surface area contributed by atoms with Gasteiger partial charge in [0.05, 0.1) is 11.4 Å². The van der Waals surface area contributed by atoms with Gasteiger partial charge in [-0.25, -0.2) is 14.4 Å². The number of anilines is 1. The van der Waals surface area contributed by atoms with Crippen molar-refractivity contribution in [1.82, 2.24) is 14.3 Å². The molecular formula is C19H13FN4O2S2. The van der Waals surface area contributed by atoms with Crippen LogP contribution in [0.15, 0.2) is 59.9 Å². The number of carbonyl (C=O) groups excluding carboxylic acids is 1. The maximum absolute atomic E-state index is 13.2. The van der Waals surface area contributed by atoms with Crippen LogP contribution in [0.1, 0.15) is 0 Å². The van der Waals surface area contributed by atoms with Crippen LogP contribution in [0, 0.1) is 5.82 Å². The second-order valence-electron chi connectivity index (χ2n) is 5.75. The van der Waals surface area contributed by atoms with Crippen LogP contribution in [0.5, 0.6) is 5.75 Å². The zero-order chi connectivity index (χ0) is 19.5. The van der Waals surface area contributed by atoms with Gasteiger partial charge >= 0.3 is 0 Å². The number of fused-ring (bicyclic) bond motifs is 1. The predicted octanol–water partition coefficient (Wildman–Crippen LogP) is 4.33. The van der Waals surface area contributed by atoms with Crippen LogP contribution in [-0.4, -0.2) is 31.1 Å². The number of benzene rings is 2. The van der Waals surface area contributed by atoms with E-state index in [1.165, 1.54) is 47.8 Å². The predicted molar refractivity (Wildman–Crippen MR) is 108 cm³/mol. The van der Waals surface area contributed by atoms with E-state index >= 15 is 0 Å². The molecule has 4 rings (SSSR count). The van der Waals surface area contributed by atoms with Crippen molar-refractivity contribution in [2.24, 2.45) is 0 Å².